The third-order valence-electron chi connectivity index (χ3n) is 6.52. The highest BCUT2D eigenvalue weighted by Gasteiger charge is 2.30. The Labute approximate surface area is 147 Å². The van der Waals surface area contributed by atoms with Gasteiger partial charge in [-0.15, -0.1) is 0 Å². The third kappa shape index (κ3) is 4.40. The van der Waals surface area contributed by atoms with Crippen LogP contribution < -0.4 is 4.74 Å². The summed E-state index contributed by atoms with van der Waals surface area (Å²) >= 11 is 0. The van der Waals surface area contributed by atoms with Gasteiger partial charge in [-0.05, 0) is 79.9 Å². The van der Waals surface area contributed by atoms with Gasteiger partial charge in [0.15, 0.2) is 0 Å². The van der Waals surface area contributed by atoms with Gasteiger partial charge in [-0.1, -0.05) is 38.3 Å². The lowest BCUT2D eigenvalue weighted by Gasteiger charge is -2.38. The Morgan fingerprint density at radius 3 is 1.96 bits per heavy atom. The molecule has 0 unspecified atom stereocenters. The van der Waals surface area contributed by atoms with Crippen LogP contribution in [0.2, 0.25) is 0 Å². The molecular weight excluding hydrogens is 296 g/mol. The summed E-state index contributed by atoms with van der Waals surface area (Å²) in [6.45, 7) is 3.80. The number of rotatable bonds is 4. The van der Waals surface area contributed by atoms with Gasteiger partial charge in [0, 0.05) is 6.92 Å². The molecule has 1 aromatic rings. The normalized spacial score (nSPS) is 30.8. The first-order chi connectivity index (χ1) is 11.7. The molecule has 2 aliphatic rings. The van der Waals surface area contributed by atoms with Crippen LogP contribution >= 0.6 is 0 Å². The van der Waals surface area contributed by atoms with Crippen LogP contribution in [0.5, 0.6) is 5.75 Å². The van der Waals surface area contributed by atoms with Crippen molar-refractivity contribution in [3.05, 3.63) is 29.8 Å². The molecule has 2 heteroatoms. The Morgan fingerprint density at radius 1 is 0.917 bits per heavy atom. The van der Waals surface area contributed by atoms with Crippen LogP contribution in [0.25, 0.3) is 0 Å². The molecular formula is C22H32O2. The van der Waals surface area contributed by atoms with Crippen molar-refractivity contribution in [1.82, 2.24) is 0 Å². The van der Waals surface area contributed by atoms with Gasteiger partial charge >= 0.3 is 5.97 Å². The van der Waals surface area contributed by atoms with Crippen molar-refractivity contribution in [2.24, 2.45) is 17.8 Å². The second kappa shape index (κ2) is 8.18. The van der Waals surface area contributed by atoms with Gasteiger partial charge < -0.3 is 4.74 Å². The van der Waals surface area contributed by atoms with Crippen molar-refractivity contribution in [3.63, 3.8) is 0 Å². The summed E-state index contributed by atoms with van der Waals surface area (Å²) in [5.41, 5.74) is 1.42. The molecule has 0 bridgehead atoms. The average Bonchev–Trinajstić information content (AvgIpc) is 2.62. The fourth-order valence-corrected chi connectivity index (χ4v) is 4.97. The predicted octanol–water partition coefficient (Wildman–Crippen LogP) is 6.10. The molecule has 3 rings (SSSR count). The number of carbonyl (C=O) groups is 1. The molecule has 2 saturated carbocycles. The number of esters is 1. The molecule has 2 nitrogen and oxygen atoms in total. The van der Waals surface area contributed by atoms with Crippen LogP contribution in [-0.4, -0.2) is 5.97 Å². The van der Waals surface area contributed by atoms with Crippen LogP contribution in [0, 0.1) is 17.8 Å². The summed E-state index contributed by atoms with van der Waals surface area (Å²) in [6, 6.07) is 8.18. The van der Waals surface area contributed by atoms with Crippen molar-refractivity contribution in [2.45, 2.75) is 77.6 Å². The monoisotopic (exact) mass is 328 g/mol. The summed E-state index contributed by atoms with van der Waals surface area (Å²) in [6.07, 6.45) is 12.7. The van der Waals surface area contributed by atoms with Crippen LogP contribution in [0.4, 0.5) is 0 Å². The smallest absolute Gasteiger partial charge is 0.308 e. The van der Waals surface area contributed by atoms with Crippen LogP contribution in [0.3, 0.4) is 0 Å². The zero-order valence-electron chi connectivity index (χ0n) is 15.3. The van der Waals surface area contributed by atoms with Gasteiger partial charge in [0.25, 0.3) is 0 Å². The Balaban J connectivity index is 1.49. The van der Waals surface area contributed by atoms with Crippen molar-refractivity contribution < 1.29 is 9.53 Å². The number of benzene rings is 1. The summed E-state index contributed by atoms with van der Waals surface area (Å²) in [5.74, 6) is 4.08. The van der Waals surface area contributed by atoms with Crippen LogP contribution in [0.15, 0.2) is 24.3 Å². The van der Waals surface area contributed by atoms with E-state index in [9.17, 15) is 4.79 Å². The maximum Gasteiger partial charge on any atom is 0.308 e. The largest absolute Gasteiger partial charge is 0.427 e. The van der Waals surface area contributed by atoms with Gasteiger partial charge in [-0.3, -0.25) is 4.79 Å². The van der Waals surface area contributed by atoms with Gasteiger partial charge in [-0.2, -0.15) is 0 Å². The van der Waals surface area contributed by atoms with Crippen LogP contribution in [0.1, 0.15) is 83.1 Å². The third-order valence-corrected chi connectivity index (χ3v) is 6.52. The fraction of sp³-hybridized carbons (Fsp3) is 0.682. The lowest BCUT2D eigenvalue weighted by molar-refractivity contribution is -0.131. The number of hydrogen-bond donors (Lipinski definition) is 0. The minimum Gasteiger partial charge on any atom is -0.427 e. The Bertz CT molecular complexity index is 517. The topological polar surface area (TPSA) is 26.3 Å². The summed E-state index contributed by atoms with van der Waals surface area (Å²) in [7, 11) is 0. The molecule has 0 aromatic heterocycles. The minimum absolute atomic E-state index is 0.249. The van der Waals surface area contributed by atoms with E-state index in [1.165, 1.54) is 70.3 Å². The molecule has 2 aliphatic carbocycles. The maximum absolute atomic E-state index is 11.0. The Kier molecular flexibility index (Phi) is 5.97. The lowest BCUT2D eigenvalue weighted by atomic mass is 9.68. The highest BCUT2D eigenvalue weighted by atomic mass is 16.5. The molecule has 0 amide bonds. The predicted molar refractivity (Wildman–Crippen MR) is 98.2 cm³/mol. The lowest BCUT2D eigenvalue weighted by Crippen LogP contribution is -2.25. The van der Waals surface area contributed by atoms with Gasteiger partial charge in [0.2, 0.25) is 0 Å². The summed E-state index contributed by atoms with van der Waals surface area (Å²) in [4.78, 5) is 11.0. The van der Waals surface area contributed by atoms with E-state index >= 15 is 0 Å². The molecule has 0 radical (unpaired) electrons. The maximum atomic E-state index is 11.0. The molecule has 2 fully saturated rings. The second-order valence-corrected chi connectivity index (χ2v) is 7.96. The number of hydrogen-bond acceptors (Lipinski definition) is 2. The highest BCUT2D eigenvalue weighted by Crippen LogP contribution is 2.44. The number of ether oxygens (including phenoxy) is 1. The molecule has 0 spiro atoms. The Morgan fingerprint density at radius 2 is 1.46 bits per heavy atom. The van der Waals surface area contributed by atoms with E-state index in [1.54, 1.807) is 0 Å². The van der Waals surface area contributed by atoms with Crippen molar-refractivity contribution in [1.29, 1.82) is 0 Å². The van der Waals surface area contributed by atoms with Crippen molar-refractivity contribution >= 4 is 5.97 Å². The van der Waals surface area contributed by atoms with Gasteiger partial charge in [0.05, 0.1) is 0 Å². The van der Waals surface area contributed by atoms with Gasteiger partial charge in [-0.25, -0.2) is 0 Å². The van der Waals surface area contributed by atoms with E-state index in [0.717, 1.165) is 17.8 Å². The first-order valence-corrected chi connectivity index (χ1v) is 9.94. The molecule has 132 valence electrons. The van der Waals surface area contributed by atoms with E-state index in [0.29, 0.717) is 11.7 Å². The van der Waals surface area contributed by atoms with Crippen molar-refractivity contribution in [3.8, 4) is 5.75 Å². The molecule has 0 saturated heterocycles. The van der Waals surface area contributed by atoms with E-state index in [1.807, 2.05) is 12.1 Å². The zero-order chi connectivity index (χ0) is 16.9. The number of carbonyl (C=O) groups excluding carboxylic acids is 1. The second-order valence-electron chi connectivity index (χ2n) is 7.96. The quantitative estimate of drug-likeness (QED) is 0.493. The SMILES string of the molecule is CC[C@H]1CC[C@H]([C@H]2CC[C@H](c3ccc(OC(C)=O)cc3)CC2)CC1. The molecule has 0 atom stereocenters. The van der Waals surface area contributed by atoms with Crippen LogP contribution in [-0.2, 0) is 4.79 Å². The first-order valence-electron chi connectivity index (χ1n) is 9.94. The molecule has 0 heterocycles. The standard InChI is InChI=1S/C22H32O2/c1-3-17-4-6-18(7-5-17)19-8-10-20(11-9-19)21-12-14-22(15-13-21)24-16(2)23/h12-15,17-20H,3-11H2,1-2H3/t17-,18-,19-,20-. The van der Waals surface area contributed by atoms with Crippen molar-refractivity contribution in [2.75, 3.05) is 0 Å². The highest BCUT2D eigenvalue weighted by molar-refractivity contribution is 5.69. The van der Waals surface area contributed by atoms with E-state index in [2.05, 4.69) is 19.1 Å². The summed E-state index contributed by atoms with van der Waals surface area (Å²) < 4.78 is 5.13. The summed E-state index contributed by atoms with van der Waals surface area (Å²) in [5, 5.41) is 0. The Hall–Kier alpha value is -1.31. The molecule has 24 heavy (non-hydrogen) atoms. The molecule has 1 aromatic carbocycles. The average molecular weight is 328 g/mol. The van der Waals surface area contributed by atoms with E-state index in [4.69, 9.17) is 4.74 Å². The van der Waals surface area contributed by atoms with Gasteiger partial charge in [0.1, 0.15) is 5.75 Å². The molecule has 0 aliphatic heterocycles. The van der Waals surface area contributed by atoms with E-state index < -0.39 is 0 Å². The fourth-order valence-electron chi connectivity index (χ4n) is 4.97. The van der Waals surface area contributed by atoms with E-state index in [-0.39, 0.29) is 5.97 Å². The molecule has 0 N–H and O–H groups in total. The first kappa shape index (κ1) is 17.5. The minimum atomic E-state index is -0.249. The zero-order valence-corrected chi connectivity index (χ0v) is 15.3.